The second-order valence-corrected chi connectivity index (χ2v) is 9.39. The molecule has 0 radical (unpaired) electrons. The van der Waals surface area contributed by atoms with Gasteiger partial charge in [0.15, 0.2) is 16.4 Å². The summed E-state index contributed by atoms with van der Waals surface area (Å²) in [5, 5.41) is 4.74. The molecule has 1 aromatic carbocycles. The van der Waals surface area contributed by atoms with E-state index in [-0.39, 0.29) is 35.8 Å². The van der Waals surface area contributed by atoms with Crippen LogP contribution in [0.25, 0.3) is 0 Å². The zero-order valence-electron chi connectivity index (χ0n) is 15.0. The van der Waals surface area contributed by atoms with Crippen molar-refractivity contribution < 1.29 is 22.7 Å². The van der Waals surface area contributed by atoms with Crippen LogP contribution in [0, 0.1) is 6.92 Å². The summed E-state index contributed by atoms with van der Waals surface area (Å²) in [6, 6.07) is 3.19. The second-order valence-electron chi connectivity index (χ2n) is 7.06. The van der Waals surface area contributed by atoms with Crippen molar-refractivity contribution in [3.8, 4) is 5.75 Å². The van der Waals surface area contributed by atoms with Gasteiger partial charge in [-0.2, -0.15) is 0 Å². The smallest absolute Gasteiger partial charge is 0.262 e. The Hall–Kier alpha value is -2.09. The van der Waals surface area contributed by atoms with Crippen molar-refractivity contribution in [3.63, 3.8) is 0 Å². The molecule has 0 spiro atoms. The average Bonchev–Trinajstić information content (AvgIpc) is 3.06. The van der Waals surface area contributed by atoms with E-state index in [0.29, 0.717) is 17.0 Å². The van der Waals surface area contributed by atoms with Gasteiger partial charge in [0.1, 0.15) is 5.75 Å². The fourth-order valence-corrected chi connectivity index (χ4v) is 5.05. The molecular formula is C18H24N2O5S. The first-order valence-electron chi connectivity index (χ1n) is 8.88. The lowest BCUT2D eigenvalue weighted by molar-refractivity contribution is -0.121. The average molecular weight is 380 g/mol. The van der Waals surface area contributed by atoms with Gasteiger partial charge in [-0.3, -0.25) is 9.59 Å². The summed E-state index contributed by atoms with van der Waals surface area (Å²) in [5.74, 6) is -0.173. The number of hydrogen-bond donors (Lipinski definition) is 2. The van der Waals surface area contributed by atoms with Crippen molar-refractivity contribution in [2.75, 3.05) is 11.9 Å². The number of nitrogens with one attached hydrogen (secondary N) is 2. The molecule has 0 saturated heterocycles. The number of carbonyl (C=O) groups is 2. The Kier molecular flexibility index (Phi) is 5.22. The molecule has 2 N–H and O–H groups in total. The molecule has 1 aromatic rings. The molecule has 7 nitrogen and oxygen atoms in total. The van der Waals surface area contributed by atoms with Crippen LogP contribution in [0.3, 0.4) is 0 Å². The number of carbonyl (C=O) groups excluding carboxylic acids is 2. The molecule has 8 heteroatoms. The van der Waals surface area contributed by atoms with Crippen LogP contribution in [-0.2, 0) is 19.4 Å². The van der Waals surface area contributed by atoms with E-state index < -0.39 is 15.1 Å². The van der Waals surface area contributed by atoms with Crippen LogP contribution < -0.4 is 15.4 Å². The van der Waals surface area contributed by atoms with Gasteiger partial charge < -0.3 is 15.4 Å². The van der Waals surface area contributed by atoms with Crippen LogP contribution in [0.5, 0.6) is 5.75 Å². The maximum absolute atomic E-state index is 13.0. The van der Waals surface area contributed by atoms with Crippen molar-refractivity contribution in [2.24, 2.45) is 0 Å². The molecule has 0 aromatic heterocycles. The van der Waals surface area contributed by atoms with Gasteiger partial charge in [-0.15, -0.1) is 0 Å². The predicted molar refractivity (Wildman–Crippen MR) is 97.0 cm³/mol. The van der Waals surface area contributed by atoms with E-state index in [9.17, 15) is 18.0 Å². The first-order valence-corrected chi connectivity index (χ1v) is 10.4. The summed E-state index contributed by atoms with van der Waals surface area (Å²) in [6.45, 7) is 3.07. The Morgan fingerprint density at radius 3 is 2.73 bits per heavy atom. The van der Waals surface area contributed by atoms with Crippen molar-refractivity contribution in [3.05, 3.63) is 17.7 Å². The van der Waals surface area contributed by atoms with Crippen LogP contribution >= 0.6 is 0 Å². The number of aryl methyl sites for hydroxylation is 1. The van der Waals surface area contributed by atoms with Gasteiger partial charge in [0.2, 0.25) is 5.91 Å². The topological polar surface area (TPSA) is 102 Å². The number of anilines is 1. The minimum atomic E-state index is -3.70. The van der Waals surface area contributed by atoms with E-state index in [1.54, 1.807) is 19.9 Å². The molecule has 1 heterocycles. The van der Waals surface area contributed by atoms with E-state index in [2.05, 4.69) is 10.6 Å². The standard InChI is InChI=1S/C18H24N2O5S/c1-11-7-14-15(25-10-18(22)20-14)9-16(11)26(23,24)12(2)8-17(21)19-13-5-3-4-6-13/h7,9,12-13H,3-6,8,10H2,1-2H3,(H,19,21)(H,20,22)/t12-/m0/s1. The highest BCUT2D eigenvalue weighted by molar-refractivity contribution is 7.92. The highest BCUT2D eigenvalue weighted by Gasteiger charge is 2.30. The van der Waals surface area contributed by atoms with E-state index >= 15 is 0 Å². The SMILES string of the molecule is Cc1cc2c(cc1S(=O)(=O)[C@@H](C)CC(=O)NC1CCCC1)OCC(=O)N2. The second kappa shape index (κ2) is 7.26. The molecule has 3 rings (SSSR count). The lowest BCUT2D eigenvalue weighted by Gasteiger charge is -2.21. The molecular weight excluding hydrogens is 356 g/mol. The largest absolute Gasteiger partial charge is 0.482 e. The van der Waals surface area contributed by atoms with Crippen molar-refractivity contribution in [1.29, 1.82) is 0 Å². The Morgan fingerprint density at radius 2 is 2.04 bits per heavy atom. The first kappa shape index (κ1) is 18.7. The summed E-state index contributed by atoms with van der Waals surface area (Å²) in [4.78, 5) is 23.7. The Morgan fingerprint density at radius 1 is 1.35 bits per heavy atom. The highest BCUT2D eigenvalue weighted by Crippen LogP contribution is 2.34. The molecule has 2 aliphatic rings. The van der Waals surface area contributed by atoms with Crippen LogP contribution in [0.4, 0.5) is 5.69 Å². The predicted octanol–water partition coefficient (Wildman–Crippen LogP) is 1.94. The van der Waals surface area contributed by atoms with Crippen LogP contribution in [0.1, 0.15) is 44.6 Å². The van der Waals surface area contributed by atoms with Crippen LogP contribution in [-0.4, -0.2) is 38.1 Å². The number of ether oxygens (including phenoxy) is 1. The van der Waals surface area contributed by atoms with Gasteiger partial charge >= 0.3 is 0 Å². The Balaban J connectivity index is 1.76. The molecule has 1 aliphatic heterocycles. The van der Waals surface area contributed by atoms with E-state index in [4.69, 9.17) is 4.74 Å². The van der Waals surface area contributed by atoms with Crippen molar-refractivity contribution >= 4 is 27.3 Å². The van der Waals surface area contributed by atoms with Gasteiger partial charge in [0, 0.05) is 18.5 Å². The van der Waals surface area contributed by atoms with Crippen LogP contribution in [0.2, 0.25) is 0 Å². The normalized spacial score (nSPS) is 18.6. The number of rotatable bonds is 5. The zero-order chi connectivity index (χ0) is 18.9. The lowest BCUT2D eigenvalue weighted by Crippen LogP contribution is -2.36. The van der Waals surface area contributed by atoms with Crippen molar-refractivity contribution in [1.82, 2.24) is 5.32 Å². The van der Waals surface area contributed by atoms with Gasteiger partial charge in [-0.1, -0.05) is 12.8 Å². The molecule has 142 valence electrons. The van der Waals surface area contributed by atoms with Gasteiger partial charge in [0.25, 0.3) is 5.91 Å². The number of benzene rings is 1. The monoisotopic (exact) mass is 380 g/mol. The number of hydrogen-bond acceptors (Lipinski definition) is 5. The molecule has 0 unspecified atom stereocenters. The summed E-state index contributed by atoms with van der Waals surface area (Å²) in [6.07, 6.45) is 4.04. The highest BCUT2D eigenvalue weighted by atomic mass is 32.2. The molecule has 2 amide bonds. The van der Waals surface area contributed by atoms with Crippen LogP contribution in [0.15, 0.2) is 17.0 Å². The summed E-state index contributed by atoms with van der Waals surface area (Å²) in [7, 11) is -3.70. The molecule has 26 heavy (non-hydrogen) atoms. The molecule has 1 saturated carbocycles. The third kappa shape index (κ3) is 3.85. The van der Waals surface area contributed by atoms with Gasteiger partial charge in [-0.25, -0.2) is 8.42 Å². The van der Waals surface area contributed by atoms with E-state index in [1.165, 1.54) is 6.07 Å². The summed E-state index contributed by atoms with van der Waals surface area (Å²) < 4.78 is 31.2. The minimum absolute atomic E-state index is 0.0764. The fourth-order valence-electron chi connectivity index (χ4n) is 3.47. The zero-order valence-corrected chi connectivity index (χ0v) is 15.8. The molecule has 0 bridgehead atoms. The third-order valence-corrected chi connectivity index (χ3v) is 7.22. The fraction of sp³-hybridized carbons (Fsp3) is 0.556. The van der Waals surface area contributed by atoms with Gasteiger partial charge in [-0.05, 0) is 38.3 Å². The van der Waals surface area contributed by atoms with Crippen molar-refractivity contribution in [2.45, 2.75) is 62.1 Å². The molecule has 1 atom stereocenters. The summed E-state index contributed by atoms with van der Waals surface area (Å²) >= 11 is 0. The maximum Gasteiger partial charge on any atom is 0.262 e. The third-order valence-electron chi connectivity index (χ3n) is 4.94. The van der Waals surface area contributed by atoms with Gasteiger partial charge in [0.05, 0.1) is 15.8 Å². The Labute approximate surface area is 153 Å². The number of amides is 2. The van der Waals surface area contributed by atoms with E-state index in [0.717, 1.165) is 25.7 Å². The quantitative estimate of drug-likeness (QED) is 0.813. The number of sulfone groups is 1. The van der Waals surface area contributed by atoms with E-state index in [1.807, 2.05) is 0 Å². The molecule has 1 aliphatic carbocycles. The molecule has 1 fully saturated rings. The minimum Gasteiger partial charge on any atom is -0.482 e. The first-order chi connectivity index (χ1) is 12.3. The Bertz CT molecular complexity index is 828. The number of fused-ring (bicyclic) bond motifs is 1. The maximum atomic E-state index is 13.0. The lowest BCUT2D eigenvalue weighted by atomic mass is 10.2. The summed E-state index contributed by atoms with van der Waals surface area (Å²) in [5.41, 5.74) is 0.974.